The van der Waals surface area contributed by atoms with Gasteiger partial charge in [-0.3, -0.25) is 4.79 Å². The Balaban J connectivity index is 2.12. The number of hydrogen-bond donors (Lipinski definition) is 2. The summed E-state index contributed by atoms with van der Waals surface area (Å²) in [5, 5.41) is 19.1. The Morgan fingerprint density at radius 1 is 1.24 bits per heavy atom. The number of hydrogen-bond acceptors (Lipinski definition) is 4. The maximum absolute atomic E-state index is 12.2. The molecule has 0 bridgehead atoms. The SMILES string of the molecule is O=C1c2cc(O)ccc2O[C@H]2C=CC=C(O)[C@@H]12. The lowest BCUT2D eigenvalue weighted by molar-refractivity contribution is 0.0729. The molecule has 0 spiro atoms. The van der Waals surface area contributed by atoms with E-state index >= 15 is 0 Å². The molecule has 2 N–H and O–H groups in total. The number of carbonyl (C=O) groups excluding carboxylic acids is 1. The molecule has 0 amide bonds. The molecular weight excluding hydrogens is 220 g/mol. The molecule has 1 aromatic rings. The lowest BCUT2D eigenvalue weighted by Crippen LogP contribution is -2.38. The van der Waals surface area contributed by atoms with Crippen molar-refractivity contribution in [3.8, 4) is 11.5 Å². The zero-order chi connectivity index (χ0) is 12.0. The number of aromatic hydroxyl groups is 1. The van der Waals surface area contributed by atoms with Crippen LogP contribution in [0.3, 0.4) is 0 Å². The van der Waals surface area contributed by atoms with Crippen molar-refractivity contribution in [1.82, 2.24) is 0 Å². The number of allylic oxidation sites excluding steroid dienone is 2. The van der Waals surface area contributed by atoms with Crippen LogP contribution >= 0.6 is 0 Å². The van der Waals surface area contributed by atoms with Gasteiger partial charge in [0.25, 0.3) is 0 Å². The van der Waals surface area contributed by atoms with Gasteiger partial charge in [0, 0.05) is 0 Å². The number of ether oxygens (including phenoxy) is 1. The summed E-state index contributed by atoms with van der Waals surface area (Å²) in [5.74, 6) is -0.488. The molecule has 0 unspecified atom stereocenters. The van der Waals surface area contributed by atoms with E-state index < -0.39 is 12.0 Å². The Hall–Kier alpha value is -2.23. The van der Waals surface area contributed by atoms with E-state index in [-0.39, 0.29) is 17.3 Å². The summed E-state index contributed by atoms with van der Waals surface area (Å²) in [6, 6.07) is 4.39. The maximum Gasteiger partial charge on any atom is 0.181 e. The van der Waals surface area contributed by atoms with Crippen molar-refractivity contribution in [2.45, 2.75) is 6.10 Å². The van der Waals surface area contributed by atoms with E-state index in [1.165, 1.54) is 18.2 Å². The number of carbonyl (C=O) groups is 1. The number of benzene rings is 1. The lowest BCUT2D eigenvalue weighted by Gasteiger charge is -2.31. The van der Waals surface area contributed by atoms with Gasteiger partial charge in [-0.25, -0.2) is 0 Å². The first-order chi connectivity index (χ1) is 8.16. The summed E-state index contributed by atoms with van der Waals surface area (Å²) in [5.41, 5.74) is 0.307. The fourth-order valence-electron chi connectivity index (χ4n) is 2.17. The topological polar surface area (TPSA) is 66.8 Å². The third-order valence-electron chi connectivity index (χ3n) is 2.99. The molecule has 0 aromatic heterocycles. The number of Topliss-reactive ketones (excluding diaryl/α,β-unsaturated/α-hetero) is 1. The van der Waals surface area contributed by atoms with Crippen molar-refractivity contribution < 1.29 is 19.7 Å². The number of rotatable bonds is 0. The molecule has 0 saturated heterocycles. The first-order valence-corrected chi connectivity index (χ1v) is 5.28. The maximum atomic E-state index is 12.2. The lowest BCUT2D eigenvalue weighted by atomic mass is 9.85. The Kier molecular flexibility index (Phi) is 1.98. The molecule has 0 radical (unpaired) electrons. The van der Waals surface area contributed by atoms with E-state index in [2.05, 4.69) is 0 Å². The van der Waals surface area contributed by atoms with E-state index in [0.717, 1.165) is 0 Å². The summed E-state index contributed by atoms with van der Waals surface area (Å²) in [6.45, 7) is 0. The van der Waals surface area contributed by atoms with Crippen LogP contribution in [0.4, 0.5) is 0 Å². The van der Waals surface area contributed by atoms with E-state index in [1.807, 2.05) is 0 Å². The molecular formula is C13H10O4. The molecule has 1 heterocycles. The molecule has 3 rings (SSSR count). The summed E-state index contributed by atoms with van der Waals surface area (Å²) in [7, 11) is 0. The van der Waals surface area contributed by atoms with Gasteiger partial charge in [0.15, 0.2) is 5.78 Å². The first kappa shape index (κ1) is 9.96. The van der Waals surface area contributed by atoms with Gasteiger partial charge in [0.1, 0.15) is 29.3 Å². The zero-order valence-corrected chi connectivity index (χ0v) is 8.83. The molecule has 2 aliphatic rings. The van der Waals surface area contributed by atoms with Crippen LogP contribution in [-0.4, -0.2) is 22.1 Å². The first-order valence-electron chi connectivity index (χ1n) is 5.28. The highest BCUT2D eigenvalue weighted by Gasteiger charge is 2.39. The Bertz CT molecular complexity index is 557. The third kappa shape index (κ3) is 1.41. The highest BCUT2D eigenvalue weighted by atomic mass is 16.5. The average molecular weight is 230 g/mol. The molecule has 0 saturated carbocycles. The normalized spacial score (nSPS) is 25.6. The molecule has 1 aliphatic carbocycles. The van der Waals surface area contributed by atoms with Crippen LogP contribution in [0.1, 0.15) is 10.4 Å². The summed E-state index contributed by atoms with van der Waals surface area (Å²) in [4.78, 5) is 12.2. The van der Waals surface area contributed by atoms with Crippen LogP contribution in [0.15, 0.2) is 42.2 Å². The van der Waals surface area contributed by atoms with Gasteiger partial charge in [0.2, 0.25) is 0 Å². The van der Waals surface area contributed by atoms with Gasteiger partial charge in [0.05, 0.1) is 5.56 Å². The van der Waals surface area contributed by atoms with E-state index in [0.29, 0.717) is 11.3 Å². The number of fused-ring (bicyclic) bond motifs is 2. The van der Waals surface area contributed by atoms with Crippen LogP contribution in [0.25, 0.3) is 0 Å². The number of phenolic OH excluding ortho intramolecular Hbond substituents is 1. The quantitative estimate of drug-likeness (QED) is 0.715. The molecule has 1 aliphatic heterocycles. The van der Waals surface area contributed by atoms with Crippen molar-refractivity contribution in [2.24, 2.45) is 5.92 Å². The number of aliphatic hydroxyl groups is 1. The fraction of sp³-hybridized carbons (Fsp3) is 0.154. The highest BCUT2D eigenvalue weighted by Crippen LogP contribution is 2.37. The predicted molar refractivity (Wildman–Crippen MR) is 60.2 cm³/mol. The van der Waals surface area contributed by atoms with Gasteiger partial charge in [-0.1, -0.05) is 6.08 Å². The second-order valence-corrected chi connectivity index (χ2v) is 4.08. The second kappa shape index (κ2) is 3.38. The Morgan fingerprint density at radius 2 is 2.06 bits per heavy atom. The van der Waals surface area contributed by atoms with Gasteiger partial charge >= 0.3 is 0 Å². The van der Waals surface area contributed by atoms with Crippen LogP contribution in [0.2, 0.25) is 0 Å². The van der Waals surface area contributed by atoms with E-state index in [4.69, 9.17) is 4.74 Å². The van der Waals surface area contributed by atoms with Gasteiger partial charge in [-0.05, 0) is 30.4 Å². The summed E-state index contributed by atoms with van der Waals surface area (Å²) in [6.07, 6.45) is 4.41. The van der Waals surface area contributed by atoms with Crippen LogP contribution in [-0.2, 0) is 0 Å². The fourth-order valence-corrected chi connectivity index (χ4v) is 2.17. The van der Waals surface area contributed by atoms with Crippen molar-refractivity contribution in [3.05, 3.63) is 47.7 Å². The molecule has 2 atom stereocenters. The monoisotopic (exact) mass is 230 g/mol. The zero-order valence-electron chi connectivity index (χ0n) is 8.83. The largest absolute Gasteiger partial charge is 0.511 e. The Morgan fingerprint density at radius 3 is 2.88 bits per heavy atom. The summed E-state index contributed by atoms with van der Waals surface area (Å²) < 4.78 is 5.61. The highest BCUT2D eigenvalue weighted by molar-refractivity contribution is 6.03. The van der Waals surface area contributed by atoms with Gasteiger partial charge < -0.3 is 14.9 Å². The number of ketones is 1. The van der Waals surface area contributed by atoms with Gasteiger partial charge in [-0.2, -0.15) is 0 Å². The standard InChI is InChI=1S/C13H10O4/c14-7-4-5-10-8(6-7)13(16)12-9(15)2-1-3-11(12)17-10/h1-6,11-12,14-15H/t11-,12+/m0/s1. The molecule has 0 fully saturated rings. The van der Waals surface area contributed by atoms with Crippen molar-refractivity contribution in [1.29, 1.82) is 0 Å². The van der Waals surface area contributed by atoms with Crippen molar-refractivity contribution in [2.75, 3.05) is 0 Å². The second-order valence-electron chi connectivity index (χ2n) is 4.08. The minimum Gasteiger partial charge on any atom is -0.511 e. The van der Waals surface area contributed by atoms with E-state index in [9.17, 15) is 15.0 Å². The van der Waals surface area contributed by atoms with Crippen LogP contribution < -0.4 is 4.74 Å². The minimum atomic E-state index is -0.700. The summed E-state index contributed by atoms with van der Waals surface area (Å²) >= 11 is 0. The average Bonchev–Trinajstić information content (AvgIpc) is 2.30. The molecule has 4 heteroatoms. The minimum absolute atomic E-state index is 0.00325. The third-order valence-corrected chi connectivity index (χ3v) is 2.99. The van der Waals surface area contributed by atoms with Crippen LogP contribution in [0, 0.1) is 5.92 Å². The smallest absolute Gasteiger partial charge is 0.181 e. The Labute approximate surface area is 97.5 Å². The molecule has 86 valence electrons. The predicted octanol–water partition coefficient (Wildman–Crippen LogP) is 1.96. The van der Waals surface area contributed by atoms with E-state index in [1.54, 1.807) is 18.2 Å². The van der Waals surface area contributed by atoms with Gasteiger partial charge in [-0.15, -0.1) is 0 Å². The number of phenols is 1. The van der Waals surface area contributed by atoms with Crippen molar-refractivity contribution in [3.63, 3.8) is 0 Å². The molecule has 1 aromatic carbocycles. The van der Waals surface area contributed by atoms with Crippen molar-refractivity contribution >= 4 is 5.78 Å². The van der Waals surface area contributed by atoms with Crippen LogP contribution in [0.5, 0.6) is 11.5 Å². The molecule has 4 nitrogen and oxygen atoms in total. The number of aliphatic hydroxyl groups excluding tert-OH is 1. The molecule has 17 heavy (non-hydrogen) atoms.